The van der Waals surface area contributed by atoms with Crippen molar-refractivity contribution in [1.29, 1.82) is 0 Å². The monoisotopic (exact) mass is 185 g/mol. The molecule has 0 spiro atoms. The summed E-state index contributed by atoms with van der Waals surface area (Å²) in [6, 6.07) is 0. The first-order chi connectivity index (χ1) is 5.89. The number of nitrogens with zero attached hydrogens (tertiary/aromatic N) is 1. The SMILES string of the molecule is [CH2-][N+]1(C)CC(=O)OB(C)OC(=O)C1. The van der Waals surface area contributed by atoms with Gasteiger partial charge in [0.15, 0.2) is 13.1 Å². The standard InChI is InChI=1S/C7H12BNO4/c1-8-12-6(10)4-9(2,3)5-7(11)13-8/h2,4-5H2,1,3H3. The van der Waals surface area contributed by atoms with Crippen molar-refractivity contribution in [3.8, 4) is 0 Å². The summed E-state index contributed by atoms with van der Waals surface area (Å²) in [5, 5.41) is 0. The average molecular weight is 185 g/mol. The number of hydrogen-bond donors (Lipinski definition) is 0. The molecule has 0 aromatic carbocycles. The molecule has 72 valence electrons. The van der Waals surface area contributed by atoms with Gasteiger partial charge in [0.1, 0.15) is 0 Å². The number of likely N-dealkylation sites (N-methyl/N-ethyl adjacent to an activating group) is 1. The van der Waals surface area contributed by atoms with Crippen LogP contribution in [0, 0.1) is 7.05 Å². The van der Waals surface area contributed by atoms with Gasteiger partial charge in [0.05, 0.1) is 0 Å². The summed E-state index contributed by atoms with van der Waals surface area (Å²) in [7, 11) is 4.57. The van der Waals surface area contributed by atoms with Crippen molar-refractivity contribution in [2.24, 2.45) is 0 Å². The van der Waals surface area contributed by atoms with Gasteiger partial charge < -0.3 is 13.8 Å². The summed E-state index contributed by atoms with van der Waals surface area (Å²) in [5.74, 6) is -0.810. The molecule has 0 bridgehead atoms. The molecule has 0 saturated carbocycles. The largest absolute Gasteiger partial charge is 0.595 e. The van der Waals surface area contributed by atoms with E-state index in [9.17, 15) is 9.59 Å². The molecule has 1 heterocycles. The van der Waals surface area contributed by atoms with Crippen LogP contribution in [0.1, 0.15) is 0 Å². The normalized spacial score (nSPS) is 22.8. The van der Waals surface area contributed by atoms with Crippen molar-refractivity contribution in [2.75, 3.05) is 20.1 Å². The third-order valence-corrected chi connectivity index (χ3v) is 1.62. The lowest BCUT2D eigenvalue weighted by Gasteiger charge is -2.37. The molecule has 1 saturated heterocycles. The minimum Gasteiger partial charge on any atom is -0.495 e. The predicted octanol–water partition coefficient (Wildman–Crippen LogP) is -0.557. The van der Waals surface area contributed by atoms with E-state index in [1.54, 1.807) is 7.05 Å². The molecule has 6 heteroatoms. The maximum Gasteiger partial charge on any atom is 0.595 e. The molecular weight excluding hydrogens is 173 g/mol. The zero-order valence-electron chi connectivity index (χ0n) is 7.78. The van der Waals surface area contributed by atoms with E-state index in [0.29, 0.717) is 0 Å². The Morgan fingerprint density at radius 2 is 1.69 bits per heavy atom. The zero-order chi connectivity index (χ0) is 10.1. The van der Waals surface area contributed by atoms with E-state index in [1.807, 2.05) is 0 Å². The molecule has 13 heavy (non-hydrogen) atoms. The summed E-state index contributed by atoms with van der Waals surface area (Å²) >= 11 is 0. The Labute approximate surface area is 77.3 Å². The topological polar surface area (TPSA) is 52.6 Å². The lowest BCUT2D eigenvalue weighted by Crippen LogP contribution is -2.50. The first kappa shape index (κ1) is 10.0. The van der Waals surface area contributed by atoms with Crippen molar-refractivity contribution in [3.63, 3.8) is 0 Å². The lowest BCUT2D eigenvalue weighted by atomic mass is 9.95. The molecule has 0 aromatic heterocycles. The number of hydrogen-bond acceptors (Lipinski definition) is 4. The van der Waals surface area contributed by atoms with Crippen molar-refractivity contribution in [2.45, 2.75) is 6.82 Å². The van der Waals surface area contributed by atoms with Crippen LogP contribution in [0.25, 0.3) is 0 Å². The van der Waals surface area contributed by atoms with Gasteiger partial charge in [-0.15, -0.1) is 7.05 Å². The summed E-state index contributed by atoms with van der Waals surface area (Å²) in [6.45, 7) is 1.67. The van der Waals surface area contributed by atoms with Crippen LogP contribution < -0.4 is 0 Å². The molecule has 0 aromatic rings. The Balaban J connectivity index is 2.70. The quantitative estimate of drug-likeness (QED) is 0.288. The number of carbonyl (C=O) groups excluding carboxylic acids is 2. The van der Waals surface area contributed by atoms with Crippen LogP contribution in [0.4, 0.5) is 0 Å². The third kappa shape index (κ3) is 3.06. The van der Waals surface area contributed by atoms with Crippen LogP contribution in [0.3, 0.4) is 0 Å². The van der Waals surface area contributed by atoms with E-state index in [-0.39, 0.29) is 17.6 Å². The fraction of sp³-hybridized carbons (Fsp3) is 0.571. The number of rotatable bonds is 0. The minimum atomic E-state index is -0.791. The Hall–Kier alpha value is -1.04. The molecule has 0 aliphatic carbocycles. The van der Waals surface area contributed by atoms with E-state index < -0.39 is 19.1 Å². The van der Waals surface area contributed by atoms with Gasteiger partial charge in [0.2, 0.25) is 0 Å². The molecule has 5 nitrogen and oxygen atoms in total. The Morgan fingerprint density at radius 3 is 2.08 bits per heavy atom. The first-order valence-electron chi connectivity index (χ1n) is 3.97. The van der Waals surface area contributed by atoms with Gasteiger partial charge in [0, 0.05) is 7.05 Å². The third-order valence-electron chi connectivity index (χ3n) is 1.62. The van der Waals surface area contributed by atoms with Crippen molar-refractivity contribution in [1.82, 2.24) is 0 Å². The van der Waals surface area contributed by atoms with Crippen LogP contribution in [-0.2, 0) is 18.9 Å². The van der Waals surface area contributed by atoms with Gasteiger partial charge >= 0.3 is 19.1 Å². The highest BCUT2D eigenvalue weighted by Crippen LogP contribution is 2.06. The second kappa shape index (κ2) is 3.37. The molecule has 0 radical (unpaired) electrons. The molecule has 0 N–H and O–H groups in total. The van der Waals surface area contributed by atoms with Gasteiger partial charge in [-0.1, -0.05) is 0 Å². The second-order valence-electron chi connectivity index (χ2n) is 3.48. The fourth-order valence-corrected chi connectivity index (χ4v) is 1.15. The highest BCUT2D eigenvalue weighted by Gasteiger charge is 2.30. The maximum atomic E-state index is 11.1. The molecule has 0 unspecified atom stereocenters. The summed E-state index contributed by atoms with van der Waals surface area (Å²) in [5.41, 5.74) is 0. The molecule has 1 aliphatic rings. The number of quaternary nitrogens is 1. The Bertz CT molecular complexity index is 219. The highest BCUT2D eigenvalue weighted by molar-refractivity contribution is 6.47. The van der Waals surface area contributed by atoms with Crippen LogP contribution in [0.15, 0.2) is 0 Å². The number of carbonyl (C=O) groups is 2. The average Bonchev–Trinajstić information content (AvgIpc) is 1.78. The fourth-order valence-electron chi connectivity index (χ4n) is 1.15. The molecule has 1 aliphatic heterocycles. The van der Waals surface area contributed by atoms with Gasteiger partial charge in [-0.2, -0.15) is 0 Å². The van der Waals surface area contributed by atoms with Crippen LogP contribution in [0.5, 0.6) is 0 Å². The second-order valence-corrected chi connectivity index (χ2v) is 3.48. The van der Waals surface area contributed by atoms with Crippen LogP contribution in [0.2, 0.25) is 6.82 Å². The summed E-state index contributed by atoms with van der Waals surface area (Å²) in [6.07, 6.45) is 0. The van der Waals surface area contributed by atoms with Gasteiger partial charge in [-0.05, 0) is 6.82 Å². The minimum absolute atomic E-state index is 0.0182. The predicted molar refractivity (Wildman–Crippen MR) is 45.1 cm³/mol. The van der Waals surface area contributed by atoms with Gasteiger partial charge in [0.25, 0.3) is 0 Å². The van der Waals surface area contributed by atoms with Crippen LogP contribution in [-0.4, -0.2) is 43.7 Å². The summed E-state index contributed by atoms with van der Waals surface area (Å²) < 4.78 is 9.54. The van der Waals surface area contributed by atoms with E-state index >= 15 is 0 Å². The molecule has 0 atom stereocenters. The smallest absolute Gasteiger partial charge is 0.495 e. The summed E-state index contributed by atoms with van der Waals surface area (Å²) in [4.78, 5) is 22.2. The van der Waals surface area contributed by atoms with Gasteiger partial charge in [-0.25, -0.2) is 9.59 Å². The lowest BCUT2D eigenvalue weighted by molar-refractivity contribution is -0.851. The highest BCUT2D eigenvalue weighted by atomic mass is 16.6. The van der Waals surface area contributed by atoms with E-state index in [2.05, 4.69) is 7.05 Å². The molecular formula is C7H12BNO4. The van der Waals surface area contributed by atoms with Crippen molar-refractivity contribution < 1.29 is 23.4 Å². The van der Waals surface area contributed by atoms with Gasteiger partial charge in [-0.3, -0.25) is 0 Å². The van der Waals surface area contributed by atoms with Crippen molar-refractivity contribution in [3.05, 3.63) is 7.05 Å². The van der Waals surface area contributed by atoms with Crippen LogP contribution >= 0.6 is 0 Å². The molecule has 1 rings (SSSR count). The van der Waals surface area contributed by atoms with E-state index in [4.69, 9.17) is 9.31 Å². The molecule has 0 amide bonds. The van der Waals surface area contributed by atoms with Crippen molar-refractivity contribution >= 4 is 19.1 Å². The van der Waals surface area contributed by atoms with E-state index in [0.717, 1.165) is 0 Å². The Morgan fingerprint density at radius 1 is 1.31 bits per heavy atom. The first-order valence-corrected chi connectivity index (χ1v) is 3.97. The maximum absolute atomic E-state index is 11.1. The molecule has 1 fully saturated rings. The zero-order valence-corrected chi connectivity index (χ0v) is 7.78. The Kier molecular flexibility index (Phi) is 2.61. The van der Waals surface area contributed by atoms with E-state index in [1.165, 1.54) is 6.82 Å².